The van der Waals surface area contributed by atoms with Gasteiger partial charge in [0.25, 0.3) is 0 Å². The summed E-state index contributed by atoms with van der Waals surface area (Å²) in [5, 5.41) is 6.25. The first-order chi connectivity index (χ1) is 17.4. The van der Waals surface area contributed by atoms with Crippen LogP contribution in [0.1, 0.15) is 60.3 Å². The molecule has 204 valence electrons. The molecule has 2 N–H and O–H groups in total. The zero-order chi connectivity index (χ0) is 27.8. The Morgan fingerprint density at radius 1 is 1.19 bits per heavy atom. The molecule has 0 aromatic rings. The van der Waals surface area contributed by atoms with Crippen molar-refractivity contribution in [3.05, 3.63) is 71.5 Å². The van der Waals surface area contributed by atoms with E-state index in [0.717, 1.165) is 5.57 Å². The van der Waals surface area contributed by atoms with Gasteiger partial charge in [-0.1, -0.05) is 80.5 Å². The van der Waals surface area contributed by atoms with Gasteiger partial charge in [-0.15, -0.1) is 0 Å². The second-order valence-electron chi connectivity index (χ2n) is 9.94. The summed E-state index contributed by atoms with van der Waals surface area (Å²) < 4.78 is 10.6. The van der Waals surface area contributed by atoms with Crippen LogP contribution in [-0.4, -0.2) is 43.1 Å². The van der Waals surface area contributed by atoms with E-state index >= 15 is 0 Å². The van der Waals surface area contributed by atoms with Crippen molar-refractivity contribution in [2.24, 2.45) is 5.41 Å². The lowest BCUT2D eigenvalue weighted by Gasteiger charge is -2.29. The minimum Gasteiger partial charge on any atom is -0.459 e. The van der Waals surface area contributed by atoms with Crippen LogP contribution in [0.2, 0.25) is 0 Å². The molecule has 0 radical (unpaired) electrons. The van der Waals surface area contributed by atoms with Crippen LogP contribution in [0, 0.1) is 5.41 Å². The molecular formula is C29H41ClN2O5. The standard InChI is InChI=1S/C29H41ClN2O5/c1-21(16-18-24-12-9-15-26(34)37-24)11-7-8-14-25(33)32-27(29(3,4)5)28(35)31-20-10-13-23(36-6)19-17-22(2)30/h7-11,14-17,20,23-24,27H,12-13,18-19H2,1-6H3,(H,31,35)(H,32,33)/b11-7-,14-8-,20-10-,21-16+,22-17+. The minimum atomic E-state index is -0.729. The number of allylic oxidation sites excluding steroid dienone is 5. The van der Waals surface area contributed by atoms with E-state index in [4.69, 9.17) is 21.1 Å². The first kappa shape index (κ1) is 32.1. The molecule has 1 heterocycles. The minimum absolute atomic E-state index is 0.0430. The molecule has 3 unspecified atom stereocenters. The lowest BCUT2D eigenvalue weighted by atomic mass is 9.86. The Kier molecular flexibility index (Phi) is 14.6. The number of amides is 2. The molecule has 0 aromatic carbocycles. The number of halogens is 1. The summed E-state index contributed by atoms with van der Waals surface area (Å²) in [4.78, 5) is 36.5. The Labute approximate surface area is 226 Å². The SMILES string of the molecule is COC(C/C=C\NC(=O)C(NC(=O)\C=C/C=C\C(C)=C\CC1CC=CC(=O)O1)C(C)(C)C)C/C=C(\C)Cl. The Hall–Kier alpha value is -2.90. The van der Waals surface area contributed by atoms with Crippen molar-refractivity contribution in [1.29, 1.82) is 0 Å². The zero-order valence-corrected chi connectivity index (χ0v) is 23.5. The number of nitrogens with one attached hydrogen (secondary N) is 2. The van der Waals surface area contributed by atoms with E-state index in [1.54, 1.807) is 25.5 Å². The molecule has 0 spiro atoms. The van der Waals surface area contributed by atoms with E-state index in [-0.39, 0.29) is 30.0 Å². The highest BCUT2D eigenvalue weighted by molar-refractivity contribution is 6.29. The van der Waals surface area contributed by atoms with Crippen molar-refractivity contribution in [2.45, 2.75) is 78.6 Å². The van der Waals surface area contributed by atoms with Crippen molar-refractivity contribution >= 4 is 29.4 Å². The molecule has 0 aromatic heterocycles. The van der Waals surface area contributed by atoms with E-state index in [1.807, 2.05) is 65.0 Å². The first-order valence-electron chi connectivity index (χ1n) is 12.4. The summed E-state index contributed by atoms with van der Waals surface area (Å²) in [6, 6.07) is -0.729. The number of carbonyl (C=O) groups excluding carboxylic acids is 3. The van der Waals surface area contributed by atoms with Crippen LogP contribution in [0.25, 0.3) is 0 Å². The molecule has 0 fully saturated rings. The van der Waals surface area contributed by atoms with Gasteiger partial charge in [0.1, 0.15) is 12.1 Å². The number of carbonyl (C=O) groups is 3. The topological polar surface area (TPSA) is 93.7 Å². The molecule has 1 aliphatic heterocycles. The van der Waals surface area contributed by atoms with Gasteiger partial charge in [-0.25, -0.2) is 4.79 Å². The maximum atomic E-state index is 12.8. The summed E-state index contributed by atoms with van der Waals surface area (Å²) in [7, 11) is 1.63. The molecule has 0 saturated heterocycles. The molecule has 2 amide bonds. The summed E-state index contributed by atoms with van der Waals surface area (Å²) in [6.07, 6.45) is 19.6. The summed E-state index contributed by atoms with van der Waals surface area (Å²) in [5.41, 5.74) is 0.491. The largest absolute Gasteiger partial charge is 0.459 e. The molecule has 1 rings (SSSR count). The molecule has 0 aliphatic carbocycles. The van der Waals surface area contributed by atoms with E-state index in [0.29, 0.717) is 30.7 Å². The molecule has 1 aliphatic rings. The van der Waals surface area contributed by atoms with Gasteiger partial charge in [0.2, 0.25) is 11.8 Å². The third-order valence-electron chi connectivity index (χ3n) is 5.51. The van der Waals surface area contributed by atoms with Crippen LogP contribution in [0.4, 0.5) is 0 Å². The van der Waals surface area contributed by atoms with E-state index < -0.39 is 11.5 Å². The Morgan fingerprint density at radius 3 is 2.51 bits per heavy atom. The van der Waals surface area contributed by atoms with Gasteiger partial charge in [0.15, 0.2) is 0 Å². The van der Waals surface area contributed by atoms with Crippen molar-refractivity contribution in [2.75, 3.05) is 7.11 Å². The van der Waals surface area contributed by atoms with Crippen molar-refractivity contribution in [1.82, 2.24) is 10.6 Å². The molecule has 0 bridgehead atoms. The molecule has 7 nitrogen and oxygen atoms in total. The van der Waals surface area contributed by atoms with Gasteiger partial charge in [0.05, 0.1) is 6.10 Å². The van der Waals surface area contributed by atoms with Crippen molar-refractivity contribution in [3.63, 3.8) is 0 Å². The summed E-state index contributed by atoms with van der Waals surface area (Å²) in [5.74, 6) is -0.979. The van der Waals surface area contributed by atoms with Crippen LogP contribution in [0.5, 0.6) is 0 Å². The maximum absolute atomic E-state index is 12.8. The van der Waals surface area contributed by atoms with Crippen LogP contribution >= 0.6 is 11.6 Å². The first-order valence-corrected chi connectivity index (χ1v) is 12.8. The predicted molar refractivity (Wildman–Crippen MR) is 149 cm³/mol. The molecule has 0 saturated carbocycles. The number of esters is 1. The van der Waals surface area contributed by atoms with Crippen molar-refractivity contribution < 1.29 is 23.9 Å². The average Bonchev–Trinajstić information content (AvgIpc) is 2.82. The third-order valence-corrected chi connectivity index (χ3v) is 5.66. The predicted octanol–water partition coefficient (Wildman–Crippen LogP) is 5.41. The molecule has 8 heteroatoms. The van der Waals surface area contributed by atoms with Gasteiger partial charge in [0, 0.05) is 37.1 Å². The van der Waals surface area contributed by atoms with Gasteiger partial charge in [-0.3, -0.25) is 9.59 Å². The fourth-order valence-electron chi connectivity index (χ4n) is 3.34. The highest BCUT2D eigenvalue weighted by atomic mass is 35.5. The van der Waals surface area contributed by atoms with Crippen LogP contribution < -0.4 is 10.6 Å². The van der Waals surface area contributed by atoms with E-state index in [2.05, 4.69) is 10.6 Å². The second kappa shape index (κ2) is 16.8. The average molecular weight is 533 g/mol. The zero-order valence-electron chi connectivity index (χ0n) is 22.8. The van der Waals surface area contributed by atoms with Gasteiger partial charge in [-0.2, -0.15) is 0 Å². The Bertz CT molecular complexity index is 950. The fraction of sp³-hybridized carbons (Fsp3) is 0.483. The Balaban J connectivity index is 2.59. The molecular weight excluding hydrogens is 492 g/mol. The summed E-state index contributed by atoms with van der Waals surface area (Å²) >= 11 is 5.87. The normalized spacial score (nSPS) is 18.9. The van der Waals surface area contributed by atoms with Gasteiger partial charge >= 0.3 is 5.97 Å². The van der Waals surface area contributed by atoms with Crippen molar-refractivity contribution in [3.8, 4) is 0 Å². The van der Waals surface area contributed by atoms with Crippen LogP contribution in [0.3, 0.4) is 0 Å². The number of hydrogen-bond acceptors (Lipinski definition) is 5. The molecule has 37 heavy (non-hydrogen) atoms. The quantitative estimate of drug-likeness (QED) is 0.188. The number of cyclic esters (lactones) is 1. The second-order valence-corrected chi connectivity index (χ2v) is 10.5. The number of methoxy groups -OCH3 is 1. The van der Waals surface area contributed by atoms with Crippen LogP contribution in [-0.2, 0) is 23.9 Å². The maximum Gasteiger partial charge on any atom is 0.330 e. The molecule has 3 atom stereocenters. The highest BCUT2D eigenvalue weighted by Crippen LogP contribution is 2.19. The highest BCUT2D eigenvalue weighted by Gasteiger charge is 2.31. The van der Waals surface area contributed by atoms with E-state index in [1.165, 1.54) is 12.2 Å². The lowest BCUT2D eigenvalue weighted by molar-refractivity contribution is -0.143. The monoisotopic (exact) mass is 532 g/mol. The smallest absolute Gasteiger partial charge is 0.330 e. The van der Waals surface area contributed by atoms with Crippen LogP contribution in [0.15, 0.2) is 71.5 Å². The number of ether oxygens (including phenoxy) is 2. The van der Waals surface area contributed by atoms with Gasteiger partial charge in [-0.05, 0) is 38.3 Å². The number of rotatable bonds is 13. The summed E-state index contributed by atoms with van der Waals surface area (Å²) in [6.45, 7) is 9.41. The fourth-order valence-corrected chi connectivity index (χ4v) is 3.43. The number of hydrogen-bond donors (Lipinski definition) is 2. The lowest BCUT2D eigenvalue weighted by Crippen LogP contribution is -2.52. The van der Waals surface area contributed by atoms with Gasteiger partial charge < -0.3 is 20.1 Å². The third kappa shape index (κ3) is 14.4. The van der Waals surface area contributed by atoms with E-state index in [9.17, 15) is 14.4 Å². The Morgan fingerprint density at radius 2 is 1.89 bits per heavy atom.